The van der Waals surface area contributed by atoms with Gasteiger partial charge in [0, 0.05) is 23.9 Å². The number of para-hydroxylation sites is 1. The third kappa shape index (κ3) is 4.48. The summed E-state index contributed by atoms with van der Waals surface area (Å²) in [4.78, 5) is 22.8. The van der Waals surface area contributed by atoms with E-state index in [0.29, 0.717) is 22.8 Å². The van der Waals surface area contributed by atoms with Crippen molar-refractivity contribution in [3.05, 3.63) is 82.1 Å². The number of carbonyl (C=O) groups is 1. The van der Waals surface area contributed by atoms with Crippen LogP contribution in [0, 0.1) is 21.4 Å². The molecule has 0 spiro atoms. The van der Waals surface area contributed by atoms with Gasteiger partial charge in [-0.25, -0.2) is 0 Å². The maximum atomic E-state index is 12.3. The molecule has 1 heterocycles. The van der Waals surface area contributed by atoms with E-state index in [9.17, 15) is 20.2 Å². The molecule has 0 bridgehead atoms. The summed E-state index contributed by atoms with van der Waals surface area (Å²) in [6.45, 7) is 0. The number of benzene rings is 2. The molecular formula is C21H15N3O5. The molecule has 1 aromatic heterocycles. The topological polar surface area (TPSA) is 118 Å². The van der Waals surface area contributed by atoms with E-state index in [-0.39, 0.29) is 17.0 Å². The van der Waals surface area contributed by atoms with Gasteiger partial charge in [-0.15, -0.1) is 0 Å². The average Bonchev–Trinajstić information content (AvgIpc) is 3.20. The van der Waals surface area contributed by atoms with Crippen LogP contribution >= 0.6 is 0 Å². The lowest BCUT2D eigenvalue weighted by atomic mass is 10.1. The number of nitro groups is 1. The van der Waals surface area contributed by atoms with E-state index in [0.717, 1.165) is 0 Å². The van der Waals surface area contributed by atoms with Gasteiger partial charge in [0.25, 0.3) is 11.6 Å². The van der Waals surface area contributed by atoms with Crippen LogP contribution in [0.25, 0.3) is 17.4 Å². The molecule has 0 radical (unpaired) electrons. The fraction of sp³-hybridized carbons (Fsp3) is 0.0476. The Bertz CT molecular complexity index is 1130. The molecule has 0 saturated carbocycles. The zero-order chi connectivity index (χ0) is 20.8. The zero-order valence-corrected chi connectivity index (χ0v) is 15.3. The van der Waals surface area contributed by atoms with Crippen molar-refractivity contribution in [2.45, 2.75) is 0 Å². The van der Waals surface area contributed by atoms with Gasteiger partial charge in [0.15, 0.2) is 0 Å². The van der Waals surface area contributed by atoms with Crippen LogP contribution in [0.2, 0.25) is 0 Å². The molecular weight excluding hydrogens is 374 g/mol. The maximum Gasteiger partial charge on any atom is 0.270 e. The van der Waals surface area contributed by atoms with Gasteiger partial charge in [0.05, 0.1) is 17.6 Å². The van der Waals surface area contributed by atoms with E-state index in [4.69, 9.17) is 9.15 Å². The van der Waals surface area contributed by atoms with Gasteiger partial charge in [-0.2, -0.15) is 5.26 Å². The van der Waals surface area contributed by atoms with Gasteiger partial charge in [-0.3, -0.25) is 14.9 Å². The summed E-state index contributed by atoms with van der Waals surface area (Å²) in [5.74, 6) is 0.360. The van der Waals surface area contributed by atoms with Gasteiger partial charge in [-0.05, 0) is 30.3 Å². The molecule has 2 aromatic carbocycles. The summed E-state index contributed by atoms with van der Waals surface area (Å²) in [6.07, 6.45) is 1.30. The number of nitrogens with one attached hydrogen (secondary N) is 1. The summed E-state index contributed by atoms with van der Waals surface area (Å²) < 4.78 is 10.9. The first-order valence-corrected chi connectivity index (χ1v) is 8.42. The van der Waals surface area contributed by atoms with Crippen LogP contribution in [0.1, 0.15) is 5.76 Å². The van der Waals surface area contributed by atoms with Crippen molar-refractivity contribution < 1.29 is 18.9 Å². The summed E-state index contributed by atoms with van der Waals surface area (Å²) in [5, 5.41) is 23.0. The van der Waals surface area contributed by atoms with E-state index >= 15 is 0 Å². The second-order valence-corrected chi connectivity index (χ2v) is 5.83. The van der Waals surface area contributed by atoms with Crippen molar-refractivity contribution in [2.75, 3.05) is 12.4 Å². The lowest BCUT2D eigenvalue weighted by molar-refractivity contribution is -0.384. The molecule has 3 aromatic rings. The predicted octanol–water partition coefficient (Wildman–Crippen LogP) is 4.41. The molecule has 0 unspecified atom stereocenters. The van der Waals surface area contributed by atoms with Crippen LogP contribution in [0.5, 0.6) is 5.75 Å². The molecule has 0 saturated heterocycles. The molecule has 8 heteroatoms. The lowest BCUT2D eigenvalue weighted by Gasteiger charge is -2.05. The Balaban J connectivity index is 1.89. The average molecular weight is 389 g/mol. The maximum absolute atomic E-state index is 12.3. The molecule has 144 valence electrons. The second kappa shape index (κ2) is 8.54. The fourth-order valence-electron chi connectivity index (χ4n) is 2.59. The van der Waals surface area contributed by atoms with Gasteiger partial charge >= 0.3 is 0 Å². The molecule has 1 amide bonds. The minimum Gasteiger partial charge on any atom is -0.496 e. The number of rotatable bonds is 6. The third-order valence-electron chi connectivity index (χ3n) is 3.97. The highest BCUT2D eigenvalue weighted by atomic mass is 16.6. The first-order chi connectivity index (χ1) is 14.0. The number of hydrogen-bond acceptors (Lipinski definition) is 6. The molecule has 29 heavy (non-hydrogen) atoms. The Hall–Kier alpha value is -4.38. The Kier molecular flexibility index (Phi) is 5.71. The fourth-order valence-corrected chi connectivity index (χ4v) is 2.59. The van der Waals surface area contributed by atoms with E-state index < -0.39 is 10.8 Å². The van der Waals surface area contributed by atoms with Crippen LogP contribution in [-0.2, 0) is 4.79 Å². The van der Waals surface area contributed by atoms with Crippen molar-refractivity contribution in [3.8, 4) is 23.1 Å². The normalized spacial score (nSPS) is 10.8. The Morgan fingerprint density at radius 3 is 2.62 bits per heavy atom. The number of anilines is 1. The Labute approximate surface area is 165 Å². The summed E-state index contributed by atoms with van der Waals surface area (Å²) >= 11 is 0. The second-order valence-electron chi connectivity index (χ2n) is 5.83. The minimum absolute atomic E-state index is 0.116. The van der Waals surface area contributed by atoms with Crippen molar-refractivity contribution in [1.82, 2.24) is 0 Å². The van der Waals surface area contributed by atoms with Crippen molar-refractivity contribution in [1.29, 1.82) is 5.26 Å². The minimum atomic E-state index is -0.579. The molecule has 0 aliphatic carbocycles. The van der Waals surface area contributed by atoms with Crippen molar-refractivity contribution in [2.24, 2.45) is 0 Å². The van der Waals surface area contributed by atoms with E-state index in [2.05, 4.69) is 5.32 Å². The number of nitro benzene ring substituents is 1. The van der Waals surface area contributed by atoms with Crippen LogP contribution in [0.4, 0.5) is 11.4 Å². The summed E-state index contributed by atoms with van der Waals surface area (Å²) in [6, 6.07) is 17.8. The number of hydrogen-bond donors (Lipinski definition) is 1. The third-order valence-corrected chi connectivity index (χ3v) is 3.97. The summed E-state index contributed by atoms with van der Waals surface area (Å²) in [7, 11) is 1.44. The number of furan rings is 1. The molecule has 3 rings (SSSR count). The van der Waals surface area contributed by atoms with Gasteiger partial charge in [-0.1, -0.05) is 18.2 Å². The highest BCUT2D eigenvalue weighted by Crippen LogP contribution is 2.34. The number of carbonyl (C=O) groups excluding carboxylic acids is 1. The zero-order valence-electron chi connectivity index (χ0n) is 15.3. The summed E-state index contributed by atoms with van der Waals surface area (Å²) in [5.41, 5.74) is 0.670. The first kappa shape index (κ1) is 19.4. The van der Waals surface area contributed by atoms with Crippen molar-refractivity contribution >= 4 is 23.4 Å². The Morgan fingerprint density at radius 2 is 1.97 bits per heavy atom. The molecule has 0 aliphatic rings. The predicted molar refractivity (Wildman–Crippen MR) is 106 cm³/mol. The van der Waals surface area contributed by atoms with Gasteiger partial charge in [0.1, 0.15) is 28.9 Å². The van der Waals surface area contributed by atoms with E-state index in [1.54, 1.807) is 36.4 Å². The lowest BCUT2D eigenvalue weighted by Crippen LogP contribution is -2.13. The van der Waals surface area contributed by atoms with E-state index in [1.165, 1.54) is 31.4 Å². The highest BCUT2D eigenvalue weighted by molar-refractivity contribution is 6.09. The largest absolute Gasteiger partial charge is 0.496 e. The number of amides is 1. The first-order valence-electron chi connectivity index (χ1n) is 8.42. The van der Waals surface area contributed by atoms with Crippen LogP contribution < -0.4 is 10.1 Å². The monoisotopic (exact) mass is 389 g/mol. The standard InChI is InChI=1S/C21H15N3O5/c1-28-19-9-7-16(24(26)27)12-18(19)20-10-8-17(29-20)11-14(13-22)21(25)23-15-5-3-2-4-6-15/h2-12H,1H3,(H,23,25)/b14-11+. The quantitative estimate of drug-likeness (QED) is 0.289. The van der Waals surface area contributed by atoms with Gasteiger partial charge < -0.3 is 14.5 Å². The van der Waals surface area contributed by atoms with Gasteiger partial charge in [0.2, 0.25) is 0 Å². The molecule has 1 N–H and O–H groups in total. The van der Waals surface area contributed by atoms with Crippen molar-refractivity contribution in [3.63, 3.8) is 0 Å². The number of non-ortho nitro benzene ring substituents is 1. The Morgan fingerprint density at radius 1 is 1.21 bits per heavy atom. The molecule has 8 nitrogen and oxygen atoms in total. The van der Waals surface area contributed by atoms with E-state index in [1.807, 2.05) is 12.1 Å². The molecule has 0 atom stereocenters. The smallest absolute Gasteiger partial charge is 0.270 e. The SMILES string of the molecule is COc1ccc([N+](=O)[O-])cc1-c1ccc(/C=C(\C#N)C(=O)Nc2ccccc2)o1. The van der Waals surface area contributed by atoms with Crippen LogP contribution in [0.3, 0.4) is 0 Å². The number of nitrogens with zero attached hydrogens (tertiary/aromatic N) is 2. The van der Waals surface area contributed by atoms with Crippen LogP contribution in [-0.4, -0.2) is 17.9 Å². The number of nitriles is 1. The molecule has 0 aliphatic heterocycles. The highest BCUT2D eigenvalue weighted by Gasteiger charge is 2.16. The van der Waals surface area contributed by atoms with Crippen LogP contribution in [0.15, 0.2) is 70.7 Å². The number of methoxy groups -OCH3 is 1. The number of ether oxygens (including phenoxy) is 1. The molecule has 0 fully saturated rings.